The average Bonchev–Trinajstić information content (AvgIpc) is 2.96. The van der Waals surface area contributed by atoms with Gasteiger partial charge in [-0.3, -0.25) is 4.90 Å². The van der Waals surface area contributed by atoms with Gasteiger partial charge in [-0.25, -0.2) is 4.79 Å². The summed E-state index contributed by atoms with van der Waals surface area (Å²) < 4.78 is 8.05. The van der Waals surface area contributed by atoms with E-state index >= 15 is 0 Å². The van der Waals surface area contributed by atoms with Gasteiger partial charge in [0.2, 0.25) is 5.88 Å². The van der Waals surface area contributed by atoms with E-state index in [0.29, 0.717) is 5.88 Å². The number of methoxy groups -OCH3 is 1. The molecule has 0 fully saturated rings. The van der Waals surface area contributed by atoms with Crippen LogP contribution in [0.5, 0.6) is 0 Å². The number of hydrogen-bond acceptors (Lipinski definition) is 3. The molecule has 2 amide bonds. The van der Waals surface area contributed by atoms with Crippen molar-refractivity contribution in [2.45, 2.75) is 31.8 Å². The van der Waals surface area contributed by atoms with E-state index in [-0.39, 0.29) is 12.1 Å². The molecule has 0 bridgehead atoms. The van der Waals surface area contributed by atoms with Gasteiger partial charge < -0.3 is 19.5 Å². The van der Waals surface area contributed by atoms with Crippen LogP contribution in [0.25, 0.3) is 10.9 Å². The Bertz CT molecular complexity index is 956. The number of aryl methyl sites for hydroxylation is 1. The number of aromatic nitrogens is 1. The highest BCUT2D eigenvalue weighted by atomic mass is 16.5. The number of amides is 2. The minimum Gasteiger partial charge on any atom is -0.482 e. The predicted molar refractivity (Wildman–Crippen MR) is 106 cm³/mol. The van der Waals surface area contributed by atoms with Crippen molar-refractivity contribution in [3.05, 3.63) is 47.0 Å². The molecular weight excluding hydrogens is 340 g/mol. The van der Waals surface area contributed by atoms with Crippen LogP contribution < -0.4 is 5.32 Å². The molecule has 1 aromatic heterocycles. The first-order chi connectivity index (χ1) is 12.8. The topological polar surface area (TPSA) is 49.7 Å². The lowest BCUT2D eigenvalue weighted by Crippen LogP contribution is -2.58. The molecule has 4 rings (SSSR count). The van der Waals surface area contributed by atoms with Crippen LogP contribution in [0.2, 0.25) is 0 Å². The van der Waals surface area contributed by atoms with Gasteiger partial charge in [-0.1, -0.05) is 18.2 Å². The Labute approximate surface area is 160 Å². The number of urea groups is 1. The molecule has 6 nitrogen and oxygen atoms in total. The number of para-hydroxylation sites is 1. The van der Waals surface area contributed by atoms with E-state index in [9.17, 15) is 4.79 Å². The van der Waals surface area contributed by atoms with Gasteiger partial charge in [0, 0.05) is 49.9 Å². The highest BCUT2D eigenvalue weighted by Gasteiger charge is 2.47. The maximum Gasteiger partial charge on any atom is 0.327 e. The number of carbonyl (C=O) groups is 1. The zero-order valence-electron chi connectivity index (χ0n) is 17.0. The molecule has 0 radical (unpaired) electrons. The van der Waals surface area contributed by atoms with Gasteiger partial charge in [0.15, 0.2) is 0 Å². The summed E-state index contributed by atoms with van der Waals surface area (Å²) >= 11 is 0. The molecule has 2 aliphatic rings. The molecule has 1 aromatic carbocycles. The third-order valence-corrected chi connectivity index (χ3v) is 6.35. The second-order valence-corrected chi connectivity index (χ2v) is 7.96. The molecule has 0 aliphatic carbocycles. The maximum atomic E-state index is 12.7. The third kappa shape index (κ3) is 2.32. The summed E-state index contributed by atoms with van der Waals surface area (Å²) in [5.74, 6) is 0.638. The van der Waals surface area contributed by atoms with Gasteiger partial charge in [-0.2, -0.15) is 0 Å². The fourth-order valence-electron chi connectivity index (χ4n) is 4.70. The molecule has 1 atom stereocenters. The lowest BCUT2D eigenvalue weighted by atomic mass is 9.81. The van der Waals surface area contributed by atoms with Crippen molar-refractivity contribution in [2.24, 2.45) is 7.05 Å². The van der Waals surface area contributed by atoms with Crippen molar-refractivity contribution in [3.8, 4) is 0 Å². The minimum atomic E-state index is -0.475. The summed E-state index contributed by atoms with van der Waals surface area (Å²) in [6.45, 7) is 5.07. The molecule has 2 aromatic rings. The highest BCUT2D eigenvalue weighted by molar-refractivity contribution is 5.86. The summed E-state index contributed by atoms with van der Waals surface area (Å²) in [5.41, 5.74) is 4.50. The van der Waals surface area contributed by atoms with Gasteiger partial charge in [0.25, 0.3) is 0 Å². The summed E-state index contributed by atoms with van der Waals surface area (Å²) in [6.07, 6.45) is 0.994. The van der Waals surface area contributed by atoms with Gasteiger partial charge >= 0.3 is 6.03 Å². The molecule has 6 heteroatoms. The fourth-order valence-corrected chi connectivity index (χ4v) is 4.70. The molecule has 1 unspecified atom stereocenters. The van der Waals surface area contributed by atoms with Crippen molar-refractivity contribution >= 4 is 16.9 Å². The minimum absolute atomic E-state index is 0.0194. The van der Waals surface area contributed by atoms with Crippen LogP contribution >= 0.6 is 0 Å². The average molecular weight is 368 g/mol. The van der Waals surface area contributed by atoms with Crippen molar-refractivity contribution in [2.75, 3.05) is 27.7 Å². The second-order valence-electron chi connectivity index (χ2n) is 7.96. The van der Waals surface area contributed by atoms with Crippen LogP contribution in [0, 0.1) is 0 Å². The number of nitrogens with zero attached hydrogens (tertiary/aromatic N) is 3. The van der Waals surface area contributed by atoms with Crippen LogP contribution in [0.3, 0.4) is 0 Å². The fraction of sp³-hybridized carbons (Fsp3) is 0.476. The van der Waals surface area contributed by atoms with Crippen molar-refractivity contribution < 1.29 is 9.53 Å². The number of likely N-dealkylation sites (N-methyl/N-ethyl adjacent to an activating group) is 1. The summed E-state index contributed by atoms with van der Waals surface area (Å²) in [4.78, 5) is 16.1. The number of rotatable bonds is 2. The van der Waals surface area contributed by atoms with Crippen molar-refractivity contribution in [3.63, 3.8) is 0 Å². The SMILES string of the molecule is COC1=C(C2NCCc3c2n(C)c2ccccc32)C(C)(C)N(C)C(=O)N1C. The Balaban J connectivity index is 1.99. The van der Waals surface area contributed by atoms with Gasteiger partial charge in [0.05, 0.1) is 18.7 Å². The largest absolute Gasteiger partial charge is 0.482 e. The molecule has 1 N–H and O–H groups in total. The van der Waals surface area contributed by atoms with E-state index in [4.69, 9.17) is 4.74 Å². The van der Waals surface area contributed by atoms with Crippen LogP contribution in [0.1, 0.15) is 31.1 Å². The Morgan fingerprint density at radius 3 is 2.59 bits per heavy atom. The summed E-state index contributed by atoms with van der Waals surface area (Å²) in [6, 6.07) is 8.48. The number of fused-ring (bicyclic) bond motifs is 3. The van der Waals surface area contributed by atoms with Crippen LogP contribution in [0.15, 0.2) is 35.7 Å². The van der Waals surface area contributed by atoms with E-state index in [0.717, 1.165) is 18.5 Å². The standard InChI is InChI=1S/C21H28N4O2/c1-21(2)16(19(27-6)24(4)20(26)25(21)5)17-18-14(11-12-22-17)13-9-7-8-10-15(13)23(18)3/h7-10,17,22H,11-12H2,1-6H3. The van der Waals surface area contributed by atoms with Crippen LogP contribution in [-0.4, -0.2) is 53.7 Å². The zero-order chi connectivity index (χ0) is 19.5. The molecule has 144 valence electrons. The lowest BCUT2D eigenvalue weighted by molar-refractivity contribution is 0.0845. The van der Waals surface area contributed by atoms with E-state index in [2.05, 4.69) is 55.0 Å². The normalized spacial score (nSPS) is 22.4. The monoisotopic (exact) mass is 368 g/mol. The third-order valence-electron chi connectivity index (χ3n) is 6.35. The predicted octanol–water partition coefficient (Wildman–Crippen LogP) is 3.00. The Morgan fingerprint density at radius 1 is 1.19 bits per heavy atom. The van der Waals surface area contributed by atoms with E-state index in [1.807, 2.05) is 7.05 Å². The number of carbonyl (C=O) groups excluding carboxylic acids is 1. The Morgan fingerprint density at radius 2 is 1.89 bits per heavy atom. The first-order valence-corrected chi connectivity index (χ1v) is 9.40. The van der Waals surface area contributed by atoms with Gasteiger partial charge in [0.1, 0.15) is 0 Å². The number of nitrogens with one attached hydrogen (secondary N) is 1. The smallest absolute Gasteiger partial charge is 0.327 e. The lowest BCUT2D eigenvalue weighted by Gasteiger charge is -2.48. The molecule has 3 heterocycles. The molecule has 2 aliphatic heterocycles. The molecule has 0 saturated carbocycles. The molecule has 27 heavy (non-hydrogen) atoms. The quantitative estimate of drug-likeness (QED) is 0.887. The highest BCUT2D eigenvalue weighted by Crippen LogP contribution is 2.44. The van der Waals surface area contributed by atoms with Crippen molar-refractivity contribution in [1.29, 1.82) is 0 Å². The number of hydrogen-bond donors (Lipinski definition) is 1. The first-order valence-electron chi connectivity index (χ1n) is 9.40. The number of benzene rings is 1. The summed E-state index contributed by atoms with van der Waals surface area (Å²) in [7, 11) is 7.41. The van der Waals surface area contributed by atoms with E-state index in [1.54, 1.807) is 24.0 Å². The maximum absolute atomic E-state index is 12.7. The van der Waals surface area contributed by atoms with Gasteiger partial charge in [-0.05, 0) is 31.9 Å². The van der Waals surface area contributed by atoms with E-state index < -0.39 is 5.54 Å². The Hall–Kier alpha value is -2.47. The van der Waals surface area contributed by atoms with E-state index in [1.165, 1.54) is 22.2 Å². The molecule has 0 saturated heterocycles. The number of ether oxygens (including phenoxy) is 1. The summed E-state index contributed by atoms with van der Waals surface area (Å²) in [5, 5.41) is 5.01. The second kappa shape index (κ2) is 6.02. The van der Waals surface area contributed by atoms with Gasteiger partial charge in [-0.15, -0.1) is 0 Å². The Kier molecular flexibility index (Phi) is 4.00. The molecular formula is C21H28N4O2. The van der Waals surface area contributed by atoms with Crippen LogP contribution in [-0.2, 0) is 18.2 Å². The molecule has 0 spiro atoms. The van der Waals surface area contributed by atoms with Crippen LogP contribution in [0.4, 0.5) is 4.79 Å². The first kappa shape index (κ1) is 17.9. The zero-order valence-corrected chi connectivity index (χ0v) is 17.0. The van der Waals surface area contributed by atoms with Crippen molar-refractivity contribution in [1.82, 2.24) is 19.7 Å².